The first-order valence-electron chi connectivity index (χ1n) is 5.27. The maximum Gasteiger partial charge on any atom is 0.0805 e. The lowest BCUT2D eigenvalue weighted by Crippen LogP contribution is -2.06. The molecule has 0 aromatic heterocycles. The molecule has 1 rings (SSSR count). The number of rotatable bonds is 3. The van der Waals surface area contributed by atoms with E-state index in [1.54, 1.807) is 13.8 Å². The standard InChI is InChI=1S/C13H18O2S/c1-9-5-7-13(8-6-9)16(15)12(4)10(2)11(3)14/h5-8,11,14H,1-4H3/b12-10-/t11-,16?/m0/s1. The molecule has 2 nitrogen and oxygen atoms in total. The monoisotopic (exact) mass is 238 g/mol. The molecule has 0 aliphatic heterocycles. The van der Waals surface area contributed by atoms with Crippen molar-refractivity contribution >= 4 is 10.8 Å². The number of allylic oxidation sites excluding steroid dienone is 1. The van der Waals surface area contributed by atoms with Crippen LogP contribution in [0.4, 0.5) is 0 Å². The Hall–Kier alpha value is -0.930. The maximum absolute atomic E-state index is 12.1. The molecule has 88 valence electrons. The molecule has 0 saturated carbocycles. The number of benzene rings is 1. The average Bonchev–Trinajstić information content (AvgIpc) is 2.27. The maximum atomic E-state index is 12.1. The SMILES string of the molecule is C/C(=C(\C)S(=O)c1ccc(C)cc1)[C@H](C)O. The van der Waals surface area contributed by atoms with Crippen LogP contribution in [0, 0.1) is 6.92 Å². The van der Waals surface area contributed by atoms with Gasteiger partial charge in [0.05, 0.1) is 16.9 Å². The molecule has 0 bridgehead atoms. The topological polar surface area (TPSA) is 37.3 Å². The summed E-state index contributed by atoms with van der Waals surface area (Å²) < 4.78 is 12.1. The van der Waals surface area contributed by atoms with Crippen LogP contribution in [0.2, 0.25) is 0 Å². The van der Waals surface area contributed by atoms with Crippen molar-refractivity contribution in [1.29, 1.82) is 0 Å². The molecule has 0 aliphatic carbocycles. The van der Waals surface area contributed by atoms with Gasteiger partial charge in [-0.1, -0.05) is 17.7 Å². The first-order valence-corrected chi connectivity index (χ1v) is 6.42. The van der Waals surface area contributed by atoms with Crippen molar-refractivity contribution in [1.82, 2.24) is 0 Å². The molecule has 0 amide bonds. The van der Waals surface area contributed by atoms with Crippen LogP contribution >= 0.6 is 0 Å². The van der Waals surface area contributed by atoms with Gasteiger partial charge in [0.1, 0.15) is 0 Å². The largest absolute Gasteiger partial charge is 0.389 e. The second-order valence-electron chi connectivity index (χ2n) is 4.00. The van der Waals surface area contributed by atoms with Gasteiger partial charge < -0.3 is 5.11 Å². The predicted molar refractivity (Wildman–Crippen MR) is 67.6 cm³/mol. The molecule has 16 heavy (non-hydrogen) atoms. The van der Waals surface area contributed by atoms with Gasteiger partial charge in [0, 0.05) is 9.80 Å². The van der Waals surface area contributed by atoms with E-state index in [1.807, 2.05) is 38.1 Å². The highest BCUT2D eigenvalue weighted by Gasteiger charge is 2.11. The molecule has 3 heteroatoms. The fourth-order valence-corrected chi connectivity index (χ4v) is 2.48. The predicted octanol–water partition coefficient (Wildman–Crippen LogP) is 2.78. The van der Waals surface area contributed by atoms with E-state index in [0.717, 1.165) is 20.9 Å². The Morgan fingerprint density at radius 1 is 1.25 bits per heavy atom. The summed E-state index contributed by atoms with van der Waals surface area (Å²) in [4.78, 5) is 1.52. The molecule has 1 aromatic carbocycles. The first kappa shape index (κ1) is 13.1. The number of aliphatic hydroxyl groups excluding tert-OH is 1. The lowest BCUT2D eigenvalue weighted by Gasteiger charge is -2.10. The van der Waals surface area contributed by atoms with Crippen molar-refractivity contribution in [3.05, 3.63) is 40.3 Å². The Morgan fingerprint density at radius 2 is 1.75 bits per heavy atom. The van der Waals surface area contributed by atoms with E-state index in [4.69, 9.17) is 0 Å². The Bertz CT molecular complexity index is 416. The number of hydrogen-bond acceptors (Lipinski definition) is 2. The van der Waals surface area contributed by atoms with Crippen molar-refractivity contribution in [2.24, 2.45) is 0 Å². The van der Waals surface area contributed by atoms with Gasteiger partial charge in [-0.3, -0.25) is 0 Å². The molecule has 1 aromatic rings. The summed E-state index contributed by atoms with van der Waals surface area (Å²) in [5, 5.41) is 9.44. The zero-order chi connectivity index (χ0) is 12.3. The fourth-order valence-electron chi connectivity index (χ4n) is 1.28. The molecular weight excluding hydrogens is 220 g/mol. The van der Waals surface area contributed by atoms with Crippen LogP contribution in [0.1, 0.15) is 26.3 Å². The van der Waals surface area contributed by atoms with E-state index >= 15 is 0 Å². The molecule has 2 atom stereocenters. The summed E-state index contributed by atoms with van der Waals surface area (Å²) in [6, 6.07) is 7.62. The van der Waals surface area contributed by atoms with E-state index in [0.29, 0.717) is 0 Å². The molecule has 0 spiro atoms. The van der Waals surface area contributed by atoms with Gasteiger partial charge in [-0.05, 0) is 45.4 Å². The van der Waals surface area contributed by atoms with Gasteiger partial charge in [-0.15, -0.1) is 0 Å². The summed E-state index contributed by atoms with van der Waals surface area (Å²) in [7, 11) is -1.17. The highest BCUT2D eigenvalue weighted by molar-refractivity contribution is 7.89. The third kappa shape index (κ3) is 3.03. The van der Waals surface area contributed by atoms with Crippen molar-refractivity contribution in [3.8, 4) is 0 Å². The average molecular weight is 238 g/mol. The van der Waals surface area contributed by atoms with E-state index in [-0.39, 0.29) is 0 Å². The van der Waals surface area contributed by atoms with Gasteiger partial charge in [-0.25, -0.2) is 4.21 Å². The Kier molecular flexibility index (Phi) is 4.44. The highest BCUT2D eigenvalue weighted by atomic mass is 32.2. The van der Waals surface area contributed by atoms with E-state index in [2.05, 4.69) is 0 Å². The minimum atomic E-state index is -1.17. The van der Waals surface area contributed by atoms with Gasteiger partial charge in [0.25, 0.3) is 0 Å². The summed E-state index contributed by atoms with van der Waals surface area (Å²) in [5.41, 5.74) is 1.92. The molecule has 0 radical (unpaired) electrons. The van der Waals surface area contributed by atoms with Crippen molar-refractivity contribution in [2.45, 2.75) is 38.7 Å². The molecule has 0 aliphatic rings. The first-order chi connectivity index (χ1) is 7.43. The summed E-state index contributed by atoms with van der Waals surface area (Å²) in [6.45, 7) is 7.30. The van der Waals surface area contributed by atoms with Gasteiger partial charge in [0.15, 0.2) is 0 Å². The van der Waals surface area contributed by atoms with E-state index < -0.39 is 16.9 Å². The number of hydrogen-bond donors (Lipinski definition) is 1. The Labute approximate surface area is 99.5 Å². The van der Waals surface area contributed by atoms with Crippen LogP contribution in [-0.2, 0) is 10.8 Å². The molecule has 0 fully saturated rings. The van der Waals surface area contributed by atoms with Gasteiger partial charge in [0.2, 0.25) is 0 Å². The minimum absolute atomic E-state index is 0.547. The summed E-state index contributed by atoms with van der Waals surface area (Å²) in [5.74, 6) is 0. The second-order valence-corrected chi connectivity index (χ2v) is 5.62. The minimum Gasteiger partial charge on any atom is -0.389 e. The van der Waals surface area contributed by atoms with Gasteiger partial charge >= 0.3 is 0 Å². The van der Waals surface area contributed by atoms with Crippen LogP contribution in [0.3, 0.4) is 0 Å². The second kappa shape index (κ2) is 5.41. The van der Waals surface area contributed by atoms with E-state index in [9.17, 15) is 9.32 Å². The third-order valence-electron chi connectivity index (χ3n) is 2.70. The number of aliphatic hydroxyl groups is 1. The smallest absolute Gasteiger partial charge is 0.0805 e. The van der Waals surface area contributed by atoms with Crippen LogP contribution in [-0.4, -0.2) is 15.4 Å². The Morgan fingerprint density at radius 3 is 2.19 bits per heavy atom. The van der Waals surface area contributed by atoms with Crippen molar-refractivity contribution in [2.75, 3.05) is 0 Å². The molecular formula is C13H18O2S. The van der Waals surface area contributed by atoms with Crippen molar-refractivity contribution in [3.63, 3.8) is 0 Å². The molecule has 0 heterocycles. The Balaban J connectivity index is 3.03. The van der Waals surface area contributed by atoms with Gasteiger partial charge in [-0.2, -0.15) is 0 Å². The molecule has 0 saturated heterocycles. The molecule has 1 unspecified atom stereocenters. The summed E-state index contributed by atoms with van der Waals surface area (Å²) >= 11 is 0. The van der Waals surface area contributed by atoms with Crippen LogP contribution in [0.15, 0.2) is 39.6 Å². The fraction of sp³-hybridized carbons (Fsp3) is 0.385. The normalized spacial score (nSPS) is 16.6. The van der Waals surface area contributed by atoms with Crippen molar-refractivity contribution < 1.29 is 9.32 Å². The van der Waals surface area contributed by atoms with Crippen LogP contribution in [0.5, 0.6) is 0 Å². The quantitative estimate of drug-likeness (QED) is 0.879. The zero-order valence-corrected chi connectivity index (χ0v) is 11.0. The third-order valence-corrected chi connectivity index (χ3v) is 4.27. The zero-order valence-electron chi connectivity index (χ0n) is 10.2. The summed E-state index contributed by atoms with van der Waals surface area (Å²) in [6.07, 6.45) is -0.547. The highest BCUT2D eigenvalue weighted by Crippen LogP contribution is 2.19. The lowest BCUT2D eigenvalue weighted by atomic mass is 10.2. The van der Waals surface area contributed by atoms with Crippen LogP contribution in [0.25, 0.3) is 0 Å². The van der Waals surface area contributed by atoms with Crippen LogP contribution < -0.4 is 0 Å². The van der Waals surface area contributed by atoms with E-state index in [1.165, 1.54) is 0 Å². The molecule has 1 N–H and O–H groups in total. The number of aryl methyl sites for hydroxylation is 1. The lowest BCUT2D eigenvalue weighted by molar-refractivity contribution is 0.231.